The molecular formula is C11H11ClN2O4S. The standard InChI is InChI=1S/C11H11ClN2O4S/c1-2-4-13-11-8(3-5-19(13,17)18)6-9(12)7-10(11)14(15)16/h2,6-7H,1,3-5H2. The third-order valence-electron chi connectivity index (χ3n) is 2.84. The van der Waals surface area contributed by atoms with Gasteiger partial charge in [0.1, 0.15) is 5.69 Å². The molecule has 0 unspecified atom stereocenters. The lowest BCUT2D eigenvalue weighted by atomic mass is 10.1. The van der Waals surface area contributed by atoms with Gasteiger partial charge >= 0.3 is 0 Å². The van der Waals surface area contributed by atoms with Crippen LogP contribution in [0.1, 0.15) is 5.56 Å². The Kier molecular flexibility index (Phi) is 3.51. The Morgan fingerprint density at radius 1 is 1.53 bits per heavy atom. The first kappa shape index (κ1) is 13.8. The monoisotopic (exact) mass is 302 g/mol. The van der Waals surface area contributed by atoms with Crippen LogP contribution in [0.15, 0.2) is 24.8 Å². The van der Waals surface area contributed by atoms with E-state index < -0.39 is 14.9 Å². The summed E-state index contributed by atoms with van der Waals surface area (Å²) in [5, 5.41) is 11.3. The van der Waals surface area contributed by atoms with E-state index in [2.05, 4.69) is 6.58 Å². The normalized spacial score (nSPS) is 16.8. The number of benzene rings is 1. The fourth-order valence-electron chi connectivity index (χ4n) is 2.07. The molecule has 19 heavy (non-hydrogen) atoms. The molecule has 1 heterocycles. The molecule has 2 rings (SSSR count). The van der Waals surface area contributed by atoms with E-state index in [0.717, 1.165) is 10.4 Å². The molecule has 1 aliphatic heterocycles. The summed E-state index contributed by atoms with van der Waals surface area (Å²) in [6.07, 6.45) is 1.61. The minimum atomic E-state index is -3.55. The Bertz CT molecular complexity index is 657. The summed E-state index contributed by atoms with van der Waals surface area (Å²) < 4.78 is 25.1. The van der Waals surface area contributed by atoms with Gasteiger partial charge in [0.15, 0.2) is 0 Å². The van der Waals surface area contributed by atoms with Gasteiger partial charge in [0, 0.05) is 11.1 Å². The molecule has 0 bridgehead atoms. The summed E-state index contributed by atoms with van der Waals surface area (Å²) in [6.45, 7) is 3.48. The van der Waals surface area contributed by atoms with E-state index in [-0.39, 0.29) is 35.1 Å². The van der Waals surface area contributed by atoms with E-state index in [1.165, 1.54) is 6.08 Å². The maximum Gasteiger partial charge on any atom is 0.295 e. The average molecular weight is 303 g/mol. The number of hydrogen-bond donors (Lipinski definition) is 0. The lowest BCUT2D eigenvalue weighted by Gasteiger charge is -2.29. The van der Waals surface area contributed by atoms with Crippen molar-refractivity contribution < 1.29 is 13.3 Å². The van der Waals surface area contributed by atoms with Crippen LogP contribution in [-0.4, -0.2) is 25.6 Å². The highest BCUT2D eigenvalue weighted by Crippen LogP contribution is 2.39. The molecule has 1 aromatic rings. The first-order chi connectivity index (χ1) is 8.86. The van der Waals surface area contributed by atoms with E-state index in [1.807, 2.05) is 0 Å². The number of rotatable bonds is 3. The minimum absolute atomic E-state index is 0.00218. The number of halogens is 1. The van der Waals surface area contributed by atoms with Crippen molar-refractivity contribution in [3.05, 3.63) is 45.5 Å². The molecule has 1 aromatic carbocycles. The molecule has 0 radical (unpaired) electrons. The van der Waals surface area contributed by atoms with Gasteiger partial charge in [-0.1, -0.05) is 17.7 Å². The third kappa shape index (κ3) is 2.43. The summed E-state index contributed by atoms with van der Waals surface area (Å²) in [6, 6.07) is 2.73. The van der Waals surface area contributed by atoms with Gasteiger partial charge in [-0.2, -0.15) is 0 Å². The molecule has 0 spiro atoms. The number of nitrogens with zero attached hydrogens (tertiary/aromatic N) is 2. The van der Waals surface area contributed by atoms with Crippen LogP contribution >= 0.6 is 11.6 Å². The largest absolute Gasteiger partial charge is 0.295 e. The van der Waals surface area contributed by atoms with Crippen molar-refractivity contribution in [2.45, 2.75) is 6.42 Å². The topological polar surface area (TPSA) is 80.5 Å². The summed E-state index contributed by atoms with van der Waals surface area (Å²) in [7, 11) is -3.55. The van der Waals surface area contributed by atoms with Crippen molar-refractivity contribution in [2.24, 2.45) is 0 Å². The molecular weight excluding hydrogens is 292 g/mol. The molecule has 0 amide bonds. The Labute approximate surface area is 115 Å². The van der Waals surface area contributed by atoms with E-state index in [9.17, 15) is 18.5 Å². The third-order valence-corrected chi connectivity index (χ3v) is 4.78. The SMILES string of the molecule is C=CCN1c2c(cc(Cl)cc2[N+](=O)[O-])CCS1(=O)=O. The van der Waals surface area contributed by atoms with Crippen LogP contribution in [0.3, 0.4) is 0 Å². The zero-order valence-electron chi connectivity index (χ0n) is 9.87. The van der Waals surface area contributed by atoms with E-state index in [4.69, 9.17) is 11.6 Å². The predicted molar refractivity (Wildman–Crippen MR) is 73.1 cm³/mol. The lowest BCUT2D eigenvalue weighted by molar-refractivity contribution is -0.384. The van der Waals surface area contributed by atoms with Gasteiger partial charge in [0.2, 0.25) is 10.0 Å². The first-order valence-corrected chi connectivity index (χ1v) is 7.43. The number of nitro benzene ring substituents is 1. The molecule has 6 nitrogen and oxygen atoms in total. The van der Waals surface area contributed by atoms with Crippen LogP contribution in [-0.2, 0) is 16.4 Å². The lowest BCUT2D eigenvalue weighted by Crippen LogP contribution is -2.38. The molecule has 1 aliphatic rings. The van der Waals surface area contributed by atoms with Crippen LogP contribution < -0.4 is 4.31 Å². The predicted octanol–water partition coefficient (Wildman–Crippen LogP) is 2.13. The zero-order valence-corrected chi connectivity index (χ0v) is 11.4. The van der Waals surface area contributed by atoms with E-state index >= 15 is 0 Å². The van der Waals surface area contributed by atoms with Crippen molar-refractivity contribution >= 4 is 33.0 Å². The minimum Gasteiger partial charge on any atom is -0.259 e. The summed E-state index contributed by atoms with van der Waals surface area (Å²) in [4.78, 5) is 10.5. The summed E-state index contributed by atoms with van der Waals surface area (Å²) in [5.74, 6) is -0.0919. The second-order valence-corrected chi connectivity index (χ2v) is 6.52. The van der Waals surface area contributed by atoms with Gasteiger partial charge in [0.05, 0.1) is 17.2 Å². The smallest absolute Gasteiger partial charge is 0.259 e. The molecule has 0 saturated heterocycles. The second kappa shape index (κ2) is 4.82. The van der Waals surface area contributed by atoms with Gasteiger partial charge < -0.3 is 0 Å². The van der Waals surface area contributed by atoms with Gasteiger partial charge in [-0.3, -0.25) is 14.4 Å². The molecule has 0 N–H and O–H groups in total. The van der Waals surface area contributed by atoms with E-state index in [1.54, 1.807) is 6.07 Å². The summed E-state index contributed by atoms with van der Waals surface area (Å²) in [5.41, 5.74) is 0.365. The van der Waals surface area contributed by atoms with Crippen molar-refractivity contribution in [1.82, 2.24) is 0 Å². The quantitative estimate of drug-likeness (QED) is 0.486. The Morgan fingerprint density at radius 2 is 2.21 bits per heavy atom. The number of sulfonamides is 1. The molecule has 0 aliphatic carbocycles. The summed E-state index contributed by atoms with van der Waals surface area (Å²) >= 11 is 5.83. The Balaban J connectivity index is 2.73. The van der Waals surface area contributed by atoms with Crippen LogP contribution in [0.25, 0.3) is 0 Å². The molecule has 8 heteroatoms. The van der Waals surface area contributed by atoms with Gasteiger partial charge in [-0.05, 0) is 18.1 Å². The second-order valence-electron chi connectivity index (χ2n) is 4.08. The van der Waals surface area contributed by atoms with Crippen molar-refractivity contribution in [3.63, 3.8) is 0 Å². The van der Waals surface area contributed by atoms with Gasteiger partial charge in [0.25, 0.3) is 5.69 Å². The molecule has 0 aromatic heterocycles. The number of anilines is 1. The number of hydrogen-bond acceptors (Lipinski definition) is 4. The van der Waals surface area contributed by atoms with E-state index in [0.29, 0.717) is 5.56 Å². The maximum absolute atomic E-state index is 12.0. The van der Waals surface area contributed by atoms with Gasteiger partial charge in [-0.25, -0.2) is 8.42 Å². The highest BCUT2D eigenvalue weighted by molar-refractivity contribution is 7.92. The molecule has 0 saturated carbocycles. The highest BCUT2D eigenvalue weighted by Gasteiger charge is 2.35. The first-order valence-electron chi connectivity index (χ1n) is 5.45. The number of aryl methyl sites for hydroxylation is 1. The fraction of sp³-hybridized carbons (Fsp3) is 0.273. The fourth-order valence-corrected chi connectivity index (χ4v) is 3.82. The Morgan fingerprint density at radius 3 is 2.79 bits per heavy atom. The van der Waals surface area contributed by atoms with Crippen molar-refractivity contribution in [3.8, 4) is 0 Å². The number of nitro groups is 1. The van der Waals surface area contributed by atoms with Gasteiger partial charge in [-0.15, -0.1) is 6.58 Å². The van der Waals surface area contributed by atoms with Crippen LogP contribution in [0.5, 0.6) is 0 Å². The van der Waals surface area contributed by atoms with Crippen LogP contribution in [0.4, 0.5) is 11.4 Å². The Hall–Kier alpha value is -1.60. The highest BCUT2D eigenvalue weighted by atomic mass is 35.5. The van der Waals surface area contributed by atoms with Crippen LogP contribution in [0.2, 0.25) is 5.02 Å². The van der Waals surface area contributed by atoms with Crippen molar-refractivity contribution in [1.29, 1.82) is 0 Å². The maximum atomic E-state index is 12.0. The zero-order chi connectivity index (χ0) is 14.2. The average Bonchev–Trinajstić information content (AvgIpc) is 2.32. The molecule has 102 valence electrons. The molecule has 0 atom stereocenters. The van der Waals surface area contributed by atoms with Crippen molar-refractivity contribution in [2.75, 3.05) is 16.6 Å². The molecule has 0 fully saturated rings. The van der Waals surface area contributed by atoms with Crippen LogP contribution in [0, 0.1) is 10.1 Å². The number of fused-ring (bicyclic) bond motifs is 1.